The Hall–Kier alpha value is -3.33. The summed E-state index contributed by atoms with van der Waals surface area (Å²) in [6.07, 6.45) is 3.29. The molecule has 0 unspecified atom stereocenters. The number of anilines is 2. The number of thioether (sulfide) groups is 1. The number of aromatic nitrogens is 2. The van der Waals surface area contributed by atoms with Gasteiger partial charge in [-0.3, -0.25) is 14.2 Å². The molecule has 7 nitrogen and oxygen atoms in total. The molecule has 0 aliphatic carbocycles. The van der Waals surface area contributed by atoms with Gasteiger partial charge in [0.1, 0.15) is 17.3 Å². The Labute approximate surface area is 171 Å². The maximum absolute atomic E-state index is 13.3. The number of carbonyl (C=O) groups excluding carboxylic acids is 2. The van der Waals surface area contributed by atoms with E-state index in [1.54, 1.807) is 34.9 Å². The van der Waals surface area contributed by atoms with E-state index in [-0.39, 0.29) is 17.4 Å². The van der Waals surface area contributed by atoms with Crippen molar-refractivity contribution < 1.29 is 18.7 Å². The number of hydrogen-bond donors (Lipinski definition) is 2. The SMILES string of the molecule is COc1ccc(NC(C)=O)cc1NC(=O)c1cnc(SC)n1-c1ccc(F)cc1. The van der Waals surface area contributed by atoms with Gasteiger partial charge in [0.2, 0.25) is 5.91 Å². The third-order valence-corrected chi connectivity index (χ3v) is 4.65. The lowest BCUT2D eigenvalue weighted by Gasteiger charge is -2.14. The Bertz CT molecular complexity index is 1050. The van der Waals surface area contributed by atoms with Crippen molar-refractivity contribution in [1.29, 1.82) is 0 Å². The number of carbonyl (C=O) groups is 2. The van der Waals surface area contributed by atoms with Crippen LogP contribution in [0, 0.1) is 5.82 Å². The van der Waals surface area contributed by atoms with E-state index in [1.165, 1.54) is 44.1 Å². The van der Waals surface area contributed by atoms with Crippen molar-refractivity contribution in [2.75, 3.05) is 24.0 Å². The van der Waals surface area contributed by atoms with Crippen LogP contribution in [-0.2, 0) is 4.79 Å². The standard InChI is InChI=1S/C20H19FN4O3S/c1-12(26)23-14-6-9-18(28-2)16(10-14)24-19(27)17-11-22-20(29-3)25(17)15-7-4-13(21)5-8-15/h4-11H,1-3H3,(H,23,26)(H,24,27). The van der Waals surface area contributed by atoms with Gasteiger partial charge in [-0.05, 0) is 48.7 Å². The highest BCUT2D eigenvalue weighted by molar-refractivity contribution is 7.98. The number of nitrogens with zero attached hydrogens (tertiary/aromatic N) is 2. The molecule has 0 fully saturated rings. The molecule has 3 aromatic rings. The molecule has 2 amide bonds. The summed E-state index contributed by atoms with van der Waals surface area (Å²) < 4.78 is 20.3. The zero-order valence-corrected chi connectivity index (χ0v) is 16.8. The van der Waals surface area contributed by atoms with Gasteiger partial charge in [0, 0.05) is 18.3 Å². The number of imidazole rings is 1. The summed E-state index contributed by atoms with van der Waals surface area (Å²) in [5.74, 6) is -0.595. The average molecular weight is 414 g/mol. The van der Waals surface area contributed by atoms with Gasteiger partial charge in [-0.25, -0.2) is 9.37 Å². The van der Waals surface area contributed by atoms with Gasteiger partial charge in [-0.2, -0.15) is 0 Å². The number of methoxy groups -OCH3 is 1. The summed E-state index contributed by atoms with van der Waals surface area (Å²) in [7, 11) is 1.48. The number of amides is 2. The first-order valence-electron chi connectivity index (χ1n) is 8.57. The fraction of sp³-hybridized carbons (Fsp3) is 0.150. The average Bonchev–Trinajstić information content (AvgIpc) is 3.12. The molecule has 2 aromatic carbocycles. The van der Waals surface area contributed by atoms with E-state index in [0.717, 1.165) is 0 Å². The second-order valence-electron chi connectivity index (χ2n) is 5.99. The Morgan fingerprint density at radius 3 is 2.48 bits per heavy atom. The highest BCUT2D eigenvalue weighted by atomic mass is 32.2. The van der Waals surface area contributed by atoms with Crippen molar-refractivity contribution in [3.63, 3.8) is 0 Å². The molecule has 0 saturated carbocycles. The fourth-order valence-corrected chi connectivity index (χ4v) is 3.30. The molecule has 0 atom stereocenters. The van der Waals surface area contributed by atoms with Crippen LogP contribution in [0.3, 0.4) is 0 Å². The molecule has 9 heteroatoms. The topological polar surface area (TPSA) is 85.2 Å². The van der Waals surface area contributed by atoms with E-state index in [0.29, 0.717) is 28.0 Å². The summed E-state index contributed by atoms with van der Waals surface area (Å²) in [6, 6.07) is 10.7. The van der Waals surface area contributed by atoms with Crippen LogP contribution in [0.1, 0.15) is 17.4 Å². The zero-order chi connectivity index (χ0) is 21.0. The van der Waals surface area contributed by atoms with Crippen LogP contribution >= 0.6 is 11.8 Å². The Balaban J connectivity index is 1.97. The summed E-state index contributed by atoms with van der Waals surface area (Å²) in [4.78, 5) is 28.6. The predicted octanol–water partition coefficient (Wildman–Crippen LogP) is 3.95. The molecule has 2 N–H and O–H groups in total. The molecule has 0 aliphatic heterocycles. The summed E-state index contributed by atoms with van der Waals surface area (Å²) in [5.41, 5.74) is 1.79. The molecule has 150 valence electrons. The van der Waals surface area contributed by atoms with Crippen LogP contribution in [-0.4, -0.2) is 34.7 Å². The van der Waals surface area contributed by atoms with Gasteiger partial charge < -0.3 is 15.4 Å². The number of benzene rings is 2. The molecule has 0 spiro atoms. The minimum absolute atomic E-state index is 0.230. The van der Waals surface area contributed by atoms with Gasteiger partial charge in [-0.15, -0.1) is 0 Å². The van der Waals surface area contributed by atoms with E-state index >= 15 is 0 Å². The first-order chi connectivity index (χ1) is 13.9. The molecule has 3 rings (SSSR count). The van der Waals surface area contributed by atoms with Crippen LogP contribution < -0.4 is 15.4 Å². The smallest absolute Gasteiger partial charge is 0.274 e. The van der Waals surface area contributed by atoms with Crippen LogP contribution in [0.5, 0.6) is 5.75 Å². The van der Waals surface area contributed by atoms with Crippen LogP contribution in [0.25, 0.3) is 5.69 Å². The number of halogens is 1. The predicted molar refractivity (Wildman–Crippen MR) is 111 cm³/mol. The molecule has 0 saturated heterocycles. The van der Waals surface area contributed by atoms with Gasteiger partial charge in [-0.1, -0.05) is 11.8 Å². The summed E-state index contributed by atoms with van der Waals surface area (Å²) >= 11 is 1.36. The van der Waals surface area contributed by atoms with Gasteiger partial charge in [0.05, 0.1) is 19.0 Å². The molecular formula is C20H19FN4O3S. The zero-order valence-electron chi connectivity index (χ0n) is 16.0. The molecule has 1 heterocycles. The molecule has 29 heavy (non-hydrogen) atoms. The van der Waals surface area contributed by atoms with Crippen LogP contribution in [0.4, 0.5) is 15.8 Å². The number of rotatable bonds is 6. The number of ether oxygens (including phenoxy) is 1. The molecule has 0 radical (unpaired) electrons. The molecule has 1 aromatic heterocycles. The van der Waals surface area contributed by atoms with Gasteiger partial charge in [0.25, 0.3) is 5.91 Å². The van der Waals surface area contributed by atoms with Crippen molar-refractivity contribution in [2.24, 2.45) is 0 Å². The monoisotopic (exact) mass is 414 g/mol. The lowest BCUT2D eigenvalue weighted by atomic mass is 10.2. The van der Waals surface area contributed by atoms with E-state index in [2.05, 4.69) is 15.6 Å². The maximum Gasteiger partial charge on any atom is 0.274 e. The second kappa shape index (κ2) is 8.78. The van der Waals surface area contributed by atoms with E-state index in [9.17, 15) is 14.0 Å². The first kappa shape index (κ1) is 20.4. The third-order valence-electron chi connectivity index (χ3n) is 4.00. The van der Waals surface area contributed by atoms with Crippen LogP contribution in [0.2, 0.25) is 0 Å². The normalized spacial score (nSPS) is 10.5. The largest absolute Gasteiger partial charge is 0.495 e. The lowest BCUT2D eigenvalue weighted by Crippen LogP contribution is -2.17. The van der Waals surface area contributed by atoms with Crippen molar-refractivity contribution in [3.05, 3.63) is 60.2 Å². The fourth-order valence-electron chi connectivity index (χ4n) is 2.75. The molecular weight excluding hydrogens is 395 g/mol. The minimum Gasteiger partial charge on any atom is -0.495 e. The number of nitrogens with one attached hydrogen (secondary N) is 2. The highest BCUT2D eigenvalue weighted by Gasteiger charge is 2.19. The highest BCUT2D eigenvalue weighted by Crippen LogP contribution is 2.29. The minimum atomic E-state index is -0.430. The maximum atomic E-state index is 13.3. The van der Waals surface area contributed by atoms with E-state index in [1.807, 2.05) is 6.26 Å². The Morgan fingerprint density at radius 1 is 1.14 bits per heavy atom. The summed E-state index contributed by atoms with van der Waals surface area (Å²) in [6.45, 7) is 1.40. The first-order valence-corrected chi connectivity index (χ1v) is 9.80. The van der Waals surface area contributed by atoms with Crippen molar-refractivity contribution in [2.45, 2.75) is 12.1 Å². The van der Waals surface area contributed by atoms with Crippen molar-refractivity contribution in [3.8, 4) is 11.4 Å². The molecule has 0 bridgehead atoms. The second-order valence-corrected chi connectivity index (χ2v) is 6.77. The van der Waals surface area contributed by atoms with Crippen molar-refractivity contribution in [1.82, 2.24) is 9.55 Å². The van der Waals surface area contributed by atoms with Gasteiger partial charge in [0.15, 0.2) is 5.16 Å². The van der Waals surface area contributed by atoms with Crippen LogP contribution in [0.15, 0.2) is 53.8 Å². The van der Waals surface area contributed by atoms with E-state index < -0.39 is 5.91 Å². The van der Waals surface area contributed by atoms with E-state index in [4.69, 9.17) is 4.74 Å². The third kappa shape index (κ3) is 4.57. The Kier molecular flexibility index (Phi) is 6.18. The van der Waals surface area contributed by atoms with Gasteiger partial charge >= 0.3 is 0 Å². The number of hydrogen-bond acceptors (Lipinski definition) is 5. The lowest BCUT2D eigenvalue weighted by molar-refractivity contribution is -0.114. The van der Waals surface area contributed by atoms with Crippen molar-refractivity contribution >= 4 is 35.0 Å². The summed E-state index contributed by atoms with van der Waals surface area (Å²) in [5, 5.41) is 6.04. The molecule has 0 aliphatic rings. The quantitative estimate of drug-likeness (QED) is 0.597. The Morgan fingerprint density at radius 2 is 1.86 bits per heavy atom.